The van der Waals surface area contributed by atoms with Gasteiger partial charge in [-0.15, -0.1) is 0 Å². The smallest absolute Gasteiger partial charge is 0.241 e. The van der Waals surface area contributed by atoms with Gasteiger partial charge in [0.05, 0.1) is 0 Å². The van der Waals surface area contributed by atoms with E-state index in [9.17, 15) is 4.79 Å². The number of nitrogens with zero attached hydrogens (tertiary/aromatic N) is 4. The van der Waals surface area contributed by atoms with Gasteiger partial charge in [0.15, 0.2) is 0 Å². The monoisotopic (exact) mass is 576 g/mol. The zero-order chi connectivity index (χ0) is 30.1. The molecule has 2 aliphatic rings. The van der Waals surface area contributed by atoms with Crippen molar-refractivity contribution in [1.29, 1.82) is 0 Å². The third kappa shape index (κ3) is 9.21. The molecule has 232 valence electrons. The van der Waals surface area contributed by atoms with Crippen molar-refractivity contribution in [3.8, 4) is 5.75 Å². The summed E-state index contributed by atoms with van der Waals surface area (Å²) in [6.07, 6.45) is 4.45. The summed E-state index contributed by atoms with van der Waals surface area (Å²) in [5, 5.41) is 0. The maximum absolute atomic E-state index is 14.2. The molecule has 2 unspecified atom stereocenters. The number of ether oxygens (including phenoxy) is 1. The number of hydrogen-bond acceptors (Lipinski definition) is 5. The van der Waals surface area contributed by atoms with Crippen molar-refractivity contribution >= 4 is 11.6 Å². The number of piperazine rings is 1. The van der Waals surface area contributed by atoms with Crippen LogP contribution in [0.1, 0.15) is 72.8 Å². The van der Waals surface area contributed by atoms with Crippen molar-refractivity contribution in [3.05, 3.63) is 60.2 Å². The summed E-state index contributed by atoms with van der Waals surface area (Å²) in [6.45, 7) is 20.8. The minimum atomic E-state index is -0.0381. The van der Waals surface area contributed by atoms with Crippen LogP contribution in [0.25, 0.3) is 0 Å². The number of piperidine rings is 1. The molecule has 42 heavy (non-hydrogen) atoms. The molecular formula is C36H56N4O2. The molecule has 1 amide bonds. The Bertz CT molecular complexity index is 1070. The van der Waals surface area contributed by atoms with E-state index in [4.69, 9.17) is 4.74 Å². The van der Waals surface area contributed by atoms with Crippen LogP contribution in [0.5, 0.6) is 5.75 Å². The highest BCUT2D eigenvalue weighted by Crippen LogP contribution is 2.28. The van der Waals surface area contributed by atoms with Crippen molar-refractivity contribution < 1.29 is 9.53 Å². The second-order valence-electron chi connectivity index (χ2n) is 13.5. The first-order chi connectivity index (χ1) is 20.2. The van der Waals surface area contributed by atoms with Crippen LogP contribution in [0, 0.1) is 11.8 Å². The van der Waals surface area contributed by atoms with E-state index in [1.54, 1.807) is 0 Å². The maximum atomic E-state index is 14.2. The average molecular weight is 577 g/mol. The molecular weight excluding hydrogens is 520 g/mol. The number of carbonyl (C=O) groups excluding carboxylic acids is 1. The molecule has 2 fully saturated rings. The lowest BCUT2D eigenvalue weighted by Crippen LogP contribution is -2.62. The maximum Gasteiger partial charge on any atom is 0.241 e. The van der Waals surface area contributed by atoms with Crippen molar-refractivity contribution in [2.45, 2.75) is 92.0 Å². The van der Waals surface area contributed by atoms with Crippen molar-refractivity contribution in [1.82, 2.24) is 14.7 Å². The van der Waals surface area contributed by atoms with Gasteiger partial charge in [0.25, 0.3) is 0 Å². The van der Waals surface area contributed by atoms with Crippen LogP contribution in [0.15, 0.2) is 54.6 Å². The second-order valence-corrected chi connectivity index (χ2v) is 13.5. The Labute approximate surface area is 256 Å². The van der Waals surface area contributed by atoms with Crippen LogP contribution < -0.4 is 9.64 Å². The van der Waals surface area contributed by atoms with Crippen molar-refractivity contribution in [2.75, 3.05) is 50.7 Å². The first-order valence-electron chi connectivity index (χ1n) is 16.5. The summed E-state index contributed by atoms with van der Waals surface area (Å²) in [4.78, 5) is 23.9. The van der Waals surface area contributed by atoms with Gasteiger partial charge in [0, 0.05) is 57.0 Å². The molecule has 2 aliphatic heterocycles. The lowest BCUT2D eigenvalue weighted by molar-refractivity contribution is -0.141. The topological polar surface area (TPSA) is 39.3 Å². The molecule has 6 heteroatoms. The Kier molecular flexibility index (Phi) is 12.1. The van der Waals surface area contributed by atoms with Crippen LogP contribution in [-0.2, 0) is 11.4 Å². The molecule has 0 aromatic heterocycles. The Balaban J connectivity index is 1.46. The number of anilines is 1. The number of hydrogen-bond donors (Lipinski definition) is 0. The molecule has 2 aromatic carbocycles. The second kappa shape index (κ2) is 15.8. The highest BCUT2D eigenvalue weighted by molar-refractivity contribution is 5.82. The summed E-state index contributed by atoms with van der Waals surface area (Å²) in [6, 6.07) is 19.7. The largest absolute Gasteiger partial charge is 0.489 e. The summed E-state index contributed by atoms with van der Waals surface area (Å²) >= 11 is 0. The highest BCUT2D eigenvalue weighted by atomic mass is 16.5. The van der Waals surface area contributed by atoms with Gasteiger partial charge in [-0.05, 0) is 87.7 Å². The third-order valence-corrected chi connectivity index (χ3v) is 9.04. The molecule has 0 N–H and O–H groups in total. The fourth-order valence-corrected chi connectivity index (χ4v) is 6.25. The molecule has 0 bridgehead atoms. The molecule has 0 radical (unpaired) electrons. The van der Waals surface area contributed by atoms with E-state index in [1.165, 1.54) is 11.3 Å². The SMILES string of the molecule is CC(C)CCN1CCN(C(C)C)CC1C(=O)N1CCCC(N(CCC(C)C)c2ccc(OCc3ccccc3)cc2)C1. The minimum absolute atomic E-state index is 0.0381. The van der Waals surface area contributed by atoms with E-state index >= 15 is 0 Å². The first kappa shape index (κ1) is 32.3. The molecule has 2 atom stereocenters. The summed E-state index contributed by atoms with van der Waals surface area (Å²) < 4.78 is 6.08. The van der Waals surface area contributed by atoms with Gasteiger partial charge in [-0.3, -0.25) is 14.6 Å². The van der Waals surface area contributed by atoms with E-state index in [0.29, 0.717) is 36.4 Å². The zero-order valence-electron chi connectivity index (χ0n) is 27.2. The van der Waals surface area contributed by atoms with Gasteiger partial charge < -0.3 is 14.5 Å². The quantitative estimate of drug-likeness (QED) is 0.270. The normalized spacial score (nSPS) is 20.5. The Hall–Kier alpha value is -2.57. The molecule has 2 aromatic rings. The number of likely N-dealkylation sites (tertiary alicyclic amines) is 1. The minimum Gasteiger partial charge on any atom is -0.489 e. The highest BCUT2D eigenvalue weighted by Gasteiger charge is 2.38. The molecule has 4 rings (SSSR count). The van der Waals surface area contributed by atoms with Gasteiger partial charge in [-0.25, -0.2) is 0 Å². The molecule has 6 nitrogen and oxygen atoms in total. The van der Waals surface area contributed by atoms with Crippen molar-refractivity contribution in [3.63, 3.8) is 0 Å². The fraction of sp³-hybridized carbons (Fsp3) is 0.639. The third-order valence-electron chi connectivity index (χ3n) is 9.04. The fourth-order valence-electron chi connectivity index (χ4n) is 6.25. The van der Waals surface area contributed by atoms with Crippen LogP contribution >= 0.6 is 0 Å². The van der Waals surface area contributed by atoms with Crippen LogP contribution in [0.3, 0.4) is 0 Å². The first-order valence-corrected chi connectivity index (χ1v) is 16.5. The van der Waals surface area contributed by atoms with Gasteiger partial charge in [-0.2, -0.15) is 0 Å². The molecule has 2 heterocycles. The lowest BCUT2D eigenvalue weighted by Gasteiger charge is -2.46. The van der Waals surface area contributed by atoms with Crippen LogP contribution in [-0.4, -0.2) is 84.5 Å². The van der Waals surface area contributed by atoms with E-state index < -0.39 is 0 Å². The number of amides is 1. The lowest BCUT2D eigenvalue weighted by atomic mass is 9.99. The van der Waals surface area contributed by atoms with Crippen LogP contribution in [0.2, 0.25) is 0 Å². The molecule has 2 saturated heterocycles. The van der Waals surface area contributed by atoms with Gasteiger partial charge in [-0.1, -0.05) is 58.0 Å². The number of carbonyl (C=O) groups is 1. The van der Waals surface area contributed by atoms with E-state index in [2.05, 4.69) is 97.5 Å². The van der Waals surface area contributed by atoms with Crippen LogP contribution in [0.4, 0.5) is 5.69 Å². The summed E-state index contributed by atoms with van der Waals surface area (Å²) in [7, 11) is 0. The Morgan fingerprint density at radius 2 is 1.60 bits per heavy atom. The average Bonchev–Trinajstić information content (AvgIpc) is 2.99. The predicted octanol–water partition coefficient (Wildman–Crippen LogP) is 6.55. The zero-order valence-corrected chi connectivity index (χ0v) is 27.2. The predicted molar refractivity (Wildman–Crippen MR) is 175 cm³/mol. The molecule has 0 saturated carbocycles. The Morgan fingerprint density at radius 3 is 2.26 bits per heavy atom. The van der Waals surface area contributed by atoms with E-state index in [-0.39, 0.29) is 6.04 Å². The number of rotatable bonds is 13. The van der Waals surface area contributed by atoms with Gasteiger partial charge in [0.2, 0.25) is 5.91 Å². The molecule has 0 aliphatic carbocycles. The van der Waals surface area contributed by atoms with E-state index in [1.807, 2.05) is 18.2 Å². The summed E-state index contributed by atoms with van der Waals surface area (Å²) in [5.74, 6) is 2.50. The standard InChI is InChI=1S/C36H56N4O2/c1-28(2)18-21-37-23-24-38(30(5)6)26-35(37)36(41)39-20-10-13-33(25-39)40(22-19-29(3)4)32-14-16-34(17-15-32)42-27-31-11-8-7-9-12-31/h7-9,11-12,14-17,28-30,33,35H,10,13,18-27H2,1-6H3. The Morgan fingerprint density at radius 1 is 0.881 bits per heavy atom. The van der Waals surface area contributed by atoms with Crippen molar-refractivity contribution in [2.24, 2.45) is 11.8 Å². The number of benzene rings is 2. The van der Waals surface area contributed by atoms with Gasteiger partial charge in [0.1, 0.15) is 18.4 Å². The summed E-state index contributed by atoms with van der Waals surface area (Å²) in [5.41, 5.74) is 2.40. The van der Waals surface area contributed by atoms with E-state index in [0.717, 1.165) is 77.2 Å². The van der Waals surface area contributed by atoms with Gasteiger partial charge >= 0.3 is 0 Å². The molecule has 0 spiro atoms.